The zero-order valence-corrected chi connectivity index (χ0v) is 11.0. The van der Waals surface area contributed by atoms with Gasteiger partial charge in [-0.3, -0.25) is 4.79 Å². The number of anilines is 1. The molecule has 1 aromatic carbocycles. The highest BCUT2D eigenvalue weighted by Crippen LogP contribution is 2.43. The van der Waals surface area contributed by atoms with Gasteiger partial charge in [0.15, 0.2) is 0 Å². The van der Waals surface area contributed by atoms with Crippen molar-refractivity contribution in [2.24, 2.45) is 17.8 Å². The van der Waals surface area contributed by atoms with Crippen molar-refractivity contribution in [1.29, 1.82) is 0 Å². The summed E-state index contributed by atoms with van der Waals surface area (Å²) in [7, 11) is 0. The van der Waals surface area contributed by atoms with E-state index in [9.17, 15) is 4.79 Å². The molecule has 0 aromatic heterocycles. The van der Waals surface area contributed by atoms with E-state index >= 15 is 0 Å². The summed E-state index contributed by atoms with van der Waals surface area (Å²) >= 11 is 3.45. The Hall–Kier alpha value is -1.09. The lowest BCUT2D eigenvalue weighted by Gasteiger charge is -2.18. The summed E-state index contributed by atoms with van der Waals surface area (Å²) in [6.45, 7) is 0. The van der Waals surface area contributed by atoms with E-state index in [2.05, 4.69) is 33.4 Å². The van der Waals surface area contributed by atoms with Crippen LogP contribution in [0.4, 0.5) is 5.69 Å². The Bertz CT molecular complexity index is 483. The smallest absolute Gasteiger partial charge is 0.228 e. The van der Waals surface area contributed by atoms with Crippen molar-refractivity contribution in [3.05, 3.63) is 40.9 Å². The topological polar surface area (TPSA) is 29.1 Å². The number of allylic oxidation sites excluding steroid dienone is 2. The normalized spacial score (nSPS) is 29.6. The molecule has 0 spiro atoms. The summed E-state index contributed by atoms with van der Waals surface area (Å²) in [4.78, 5) is 12.2. The Kier molecular flexibility index (Phi) is 2.79. The lowest BCUT2D eigenvalue weighted by Crippen LogP contribution is -2.26. The van der Waals surface area contributed by atoms with Crippen LogP contribution in [0.15, 0.2) is 40.9 Å². The third kappa shape index (κ3) is 2.04. The van der Waals surface area contributed by atoms with Crippen molar-refractivity contribution >= 4 is 27.5 Å². The number of amides is 1. The van der Waals surface area contributed by atoms with Gasteiger partial charge in [-0.2, -0.15) is 0 Å². The summed E-state index contributed by atoms with van der Waals surface area (Å²) in [6, 6.07) is 7.74. The number of para-hydroxylation sites is 1. The van der Waals surface area contributed by atoms with Crippen molar-refractivity contribution in [2.75, 3.05) is 5.32 Å². The van der Waals surface area contributed by atoms with E-state index in [4.69, 9.17) is 0 Å². The Morgan fingerprint density at radius 1 is 1.24 bits per heavy atom. The van der Waals surface area contributed by atoms with E-state index in [1.807, 2.05) is 24.3 Å². The molecular formula is C14H14BrNO. The highest BCUT2D eigenvalue weighted by molar-refractivity contribution is 9.10. The molecule has 0 radical (unpaired) electrons. The van der Waals surface area contributed by atoms with Crippen LogP contribution in [-0.2, 0) is 4.79 Å². The lowest BCUT2D eigenvalue weighted by atomic mass is 9.93. The predicted octanol–water partition coefficient (Wildman–Crippen LogP) is 3.60. The Balaban J connectivity index is 1.72. The minimum absolute atomic E-state index is 0.161. The monoisotopic (exact) mass is 291 g/mol. The molecule has 2 aliphatic carbocycles. The molecule has 0 aliphatic heterocycles. The fourth-order valence-corrected chi connectivity index (χ4v) is 3.25. The van der Waals surface area contributed by atoms with Gasteiger partial charge in [-0.25, -0.2) is 0 Å². The van der Waals surface area contributed by atoms with E-state index in [0.29, 0.717) is 11.8 Å². The van der Waals surface area contributed by atoms with Crippen LogP contribution < -0.4 is 5.32 Å². The van der Waals surface area contributed by atoms with Crippen molar-refractivity contribution < 1.29 is 4.79 Å². The Labute approximate surface area is 109 Å². The first-order valence-corrected chi connectivity index (χ1v) is 6.77. The van der Waals surface area contributed by atoms with Gasteiger partial charge in [-0.1, -0.05) is 24.3 Å². The zero-order valence-electron chi connectivity index (χ0n) is 9.40. The van der Waals surface area contributed by atoms with Gasteiger partial charge in [-0.15, -0.1) is 0 Å². The van der Waals surface area contributed by atoms with E-state index in [1.165, 1.54) is 0 Å². The molecule has 3 rings (SSSR count). The van der Waals surface area contributed by atoms with Crippen LogP contribution in [0.25, 0.3) is 0 Å². The maximum absolute atomic E-state index is 12.2. The van der Waals surface area contributed by atoms with E-state index in [-0.39, 0.29) is 11.8 Å². The van der Waals surface area contributed by atoms with Crippen molar-refractivity contribution in [3.8, 4) is 0 Å². The third-order valence-corrected chi connectivity index (χ3v) is 4.44. The van der Waals surface area contributed by atoms with Crippen molar-refractivity contribution in [2.45, 2.75) is 12.8 Å². The predicted molar refractivity (Wildman–Crippen MR) is 71.6 cm³/mol. The minimum atomic E-state index is 0.161. The quantitative estimate of drug-likeness (QED) is 0.829. The number of halogens is 1. The summed E-state index contributed by atoms with van der Waals surface area (Å²) in [6.07, 6.45) is 6.64. The number of rotatable bonds is 2. The van der Waals surface area contributed by atoms with E-state index in [1.54, 1.807) is 0 Å². The molecule has 1 fully saturated rings. The van der Waals surface area contributed by atoms with Crippen LogP contribution in [0.5, 0.6) is 0 Å². The molecule has 17 heavy (non-hydrogen) atoms. The molecular weight excluding hydrogens is 278 g/mol. The highest BCUT2D eigenvalue weighted by Gasteiger charge is 2.39. The Morgan fingerprint density at radius 3 is 2.71 bits per heavy atom. The molecule has 2 nitrogen and oxygen atoms in total. The molecule has 1 N–H and O–H groups in total. The molecule has 1 amide bonds. The molecule has 2 aliphatic rings. The van der Waals surface area contributed by atoms with Crippen LogP contribution >= 0.6 is 15.9 Å². The second-order valence-electron chi connectivity index (χ2n) is 4.86. The van der Waals surface area contributed by atoms with Gasteiger partial charge in [0.2, 0.25) is 5.91 Å². The highest BCUT2D eigenvalue weighted by atomic mass is 79.9. The first-order valence-electron chi connectivity index (χ1n) is 5.98. The first-order chi connectivity index (χ1) is 8.24. The fraction of sp³-hybridized carbons (Fsp3) is 0.357. The number of fused-ring (bicyclic) bond motifs is 2. The van der Waals surface area contributed by atoms with Crippen molar-refractivity contribution in [3.63, 3.8) is 0 Å². The Morgan fingerprint density at radius 2 is 2.06 bits per heavy atom. The average Bonchev–Trinajstić information content (AvgIpc) is 2.94. The van der Waals surface area contributed by atoms with Gasteiger partial charge < -0.3 is 5.32 Å². The maximum atomic E-state index is 12.2. The molecule has 88 valence electrons. The standard InChI is InChI=1S/C14H14BrNO/c15-12-3-1-2-4-13(12)16-14(17)11-8-9-5-6-10(11)7-9/h1-6,9-11H,7-8H2,(H,16,17). The second-order valence-corrected chi connectivity index (χ2v) is 5.71. The average molecular weight is 292 g/mol. The summed E-state index contributed by atoms with van der Waals surface area (Å²) in [5.74, 6) is 1.42. The van der Waals surface area contributed by atoms with Gasteiger partial charge in [0.25, 0.3) is 0 Å². The number of hydrogen-bond acceptors (Lipinski definition) is 1. The van der Waals surface area contributed by atoms with Crippen molar-refractivity contribution in [1.82, 2.24) is 0 Å². The molecule has 1 saturated carbocycles. The van der Waals surface area contributed by atoms with E-state index < -0.39 is 0 Å². The largest absolute Gasteiger partial charge is 0.325 e. The van der Waals surface area contributed by atoms with E-state index in [0.717, 1.165) is 23.0 Å². The summed E-state index contributed by atoms with van der Waals surface area (Å²) in [5.41, 5.74) is 0.865. The molecule has 3 atom stereocenters. The van der Waals surface area contributed by atoms with Gasteiger partial charge in [0.05, 0.1) is 5.69 Å². The number of carbonyl (C=O) groups is 1. The fourth-order valence-electron chi connectivity index (χ4n) is 2.87. The van der Waals surface area contributed by atoms with Gasteiger partial charge in [0.1, 0.15) is 0 Å². The van der Waals surface area contributed by atoms with Crippen LogP contribution in [-0.4, -0.2) is 5.91 Å². The second kappa shape index (κ2) is 4.30. The summed E-state index contributed by atoms with van der Waals surface area (Å²) < 4.78 is 0.937. The zero-order chi connectivity index (χ0) is 11.8. The molecule has 2 bridgehead atoms. The summed E-state index contributed by atoms with van der Waals surface area (Å²) in [5, 5.41) is 3.02. The van der Waals surface area contributed by atoms with Gasteiger partial charge in [0, 0.05) is 10.4 Å². The molecule has 3 heteroatoms. The SMILES string of the molecule is O=C(Nc1ccccc1Br)C1CC2C=CC1C2. The van der Waals surface area contributed by atoms with Crippen LogP contribution in [0.2, 0.25) is 0 Å². The maximum Gasteiger partial charge on any atom is 0.228 e. The van der Waals surface area contributed by atoms with Crippen LogP contribution in [0.1, 0.15) is 12.8 Å². The third-order valence-electron chi connectivity index (χ3n) is 3.75. The van der Waals surface area contributed by atoms with Gasteiger partial charge in [-0.05, 0) is 52.7 Å². The molecule has 1 aromatic rings. The first kappa shape index (κ1) is 11.0. The minimum Gasteiger partial charge on any atom is -0.325 e. The number of nitrogens with one attached hydrogen (secondary N) is 1. The van der Waals surface area contributed by atoms with Crippen LogP contribution in [0.3, 0.4) is 0 Å². The van der Waals surface area contributed by atoms with Gasteiger partial charge >= 0.3 is 0 Å². The number of hydrogen-bond donors (Lipinski definition) is 1. The number of benzene rings is 1. The lowest BCUT2D eigenvalue weighted by molar-refractivity contribution is -0.120. The molecule has 0 heterocycles. The number of carbonyl (C=O) groups excluding carboxylic acids is 1. The molecule has 3 unspecified atom stereocenters. The molecule has 0 saturated heterocycles. The van der Waals surface area contributed by atoms with Crippen LogP contribution in [0, 0.1) is 17.8 Å².